The third-order valence-electron chi connectivity index (χ3n) is 2.68. The number of amides is 1. The molecule has 0 atom stereocenters. The lowest BCUT2D eigenvalue weighted by Crippen LogP contribution is -2.25. The molecule has 0 unspecified atom stereocenters. The molecule has 0 aromatic heterocycles. The Bertz CT molecular complexity index is 372. The van der Waals surface area contributed by atoms with Gasteiger partial charge in [0.05, 0.1) is 0 Å². The molecular formula is C14H23NO. The number of aryl methyl sites for hydroxylation is 2. The van der Waals surface area contributed by atoms with Gasteiger partial charge in [-0.3, -0.25) is 4.79 Å². The van der Waals surface area contributed by atoms with Gasteiger partial charge in [0.2, 0.25) is 0 Å². The van der Waals surface area contributed by atoms with E-state index in [0.29, 0.717) is 6.04 Å². The summed E-state index contributed by atoms with van der Waals surface area (Å²) in [4.78, 5) is 11.6. The second-order valence-corrected chi connectivity index (χ2v) is 4.05. The van der Waals surface area contributed by atoms with Crippen molar-refractivity contribution in [3.05, 3.63) is 34.9 Å². The molecule has 1 saturated carbocycles. The first-order valence-electron chi connectivity index (χ1n) is 6.05. The summed E-state index contributed by atoms with van der Waals surface area (Å²) in [7, 11) is 0. The van der Waals surface area contributed by atoms with Gasteiger partial charge in [-0.05, 0) is 49.9 Å². The van der Waals surface area contributed by atoms with Gasteiger partial charge in [-0.25, -0.2) is 0 Å². The van der Waals surface area contributed by atoms with Gasteiger partial charge < -0.3 is 5.32 Å². The minimum atomic E-state index is 0. The molecule has 1 aromatic rings. The van der Waals surface area contributed by atoms with E-state index >= 15 is 0 Å². The van der Waals surface area contributed by atoms with E-state index in [1.54, 1.807) is 0 Å². The molecule has 0 saturated heterocycles. The van der Waals surface area contributed by atoms with Gasteiger partial charge in [-0.2, -0.15) is 0 Å². The van der Waals surface area contributed by atoms with Gasteiger partial charge in [0, 0.05) is 13.0 Å². The Morgan fingerprint density at radius 2 is 1.88 bits per heavy atom. The van der Waals surface area contributed by atoms with Crippen LogP contribution in [0.15, 0.2) is 18.2 Å². The first kappa shape index (κ1) is 12.8. The molecule has 1 aromatic carbocycles. The van der Waals surface area contributed by atoms with Crippen molar-refractivity contribution in [1.82, 2.24) is 5.32 Å². The summed E-state index contributed by atoms with van der Waals surface area (Å²) in [6, 6.07) is 6.27. The molecule has 2 nitrogen and oxygen atoms in total. The van der Waals surface area contributed by atoms with Crippen LogP contribution in [0.1, 0.15) is 49.6 Å². The van der Waals surface area contributed by atoms with Crippen LogP contribution in [0.4, 0.5) is 0 Å². The maximum Gasteiger partial charge on any atom is 0.251 e. The van der Waals surface area contributed by atoms with Crippen molar-refractivity contribution in [1.29, 1.82) is 0 Å². The van der Waals surface area contributed by atoms with Crippen molar-refractivity contribution < 1.29 is 6.22 Å². The summed E-state index contributed by atoms with van der Waals surface area (Å²) < 4.78 is 0. The maximum absolute atomic E-state index is 11.6. The smallest absolute Gasteiger partial charge is 0.251 e. The number of hydrogen-bond acceptors (Lipinski definition) is 1. The van der Waals surface area contributed by atoms with Gasteiger partial charge in [-0.15, -0.1) is 0 Å². The molecule has 0 aliphatic heterocycles. The Morgan fingerprint density at radius 1 is 1.25 bits per heavy atom. The van der Waals surface area contributed by atoms with Crippen LogP contribution in [-0.4, -0.2) is 11.9 Å². The Kier molecular flexibility index (Phi) is 4.53. The van der Waals surface area contributed by atoms with Crippen LogP contribution in [-0.2, 0) is 0 Å². The van der Waals surface area contributed by atoms with Crippen LogP contribution in [0, 0.1) is 13.8 Å². The number of nitrogens with one attached hydrogen (secondary N) is 1. The molecule has 1 fully saturated rings. The van der Waals surface area contributed by atoms with Crippen LogP contribution >= 0.6 is 0 Å². The SMILES string of the molecule is CC.Cc1ccc(C(=O)NC2CC2)cc1C.[HH]. The van der Waals surface area contributed by atoms with Crippen LogP contribution < -0.4 is 5.32 Å². The summed E-state index contributed by atoms with van der Waals surface area (Å²) in [5.41, 5.74) is 3.18. The lowest BCUT2D eigenvalue weighted by Gasteiger charge is -2.05. The standard InChI is InChI=1S/C12H15NO.C2H6.H2/c1-8-3-4-10(7-9(8)2)12(14)13-11-5-6-11;1-2;/h3-4,7,11H,5-6H2,1-2H3,(H,13,14);1-2H3;1H. The molecule has 1 aliphatic carbocycles. The highest BCUT2D eigenvalue weighted by atomic mass is 16.1. The van der Waals surface area contributed by atoms with E-state index in [9.17, 15) is 4.79 Å². The molecule has 16 heavy (non-hydrogen) atoms. The van der Waals surface area contributed by atoms with Crippen LogP contribution in [0.25, 0.3) is 0 Å². The van der Waals surface area contributed by atoms with Gasteiger partial charge >= 0.3 is 0 Å². The second kappa shape index (κ2) is 5.69. The number of hydrogen-bond donors (Lipinski definition) is 1. The Morgan fingerprint density at radius 3 is 2.38 bits per heavy atom. The van der Waals surface area contributed by atoms with Crippen LogP contribution in [0.2, 0.25) is 0 Å². The van der Waals surface area contributed by atoms with Crippen molar-refractivity contribution >= 4 is 5.91 Å². The fourth-order valence-electron chi connectivity index (χ4n) is 1.38. The van der Waals surface area contributed by atoms with Crippen molar-refractivity contribution in [3.63, 3.8) is 0 Å². The summed E-state index contributed by atoms with van der Waals surface area (Å²) in [5.74, 6) is 0.0654. The fourth-order valence-corrected chi connectivity index (χ4v) is 1.38. The highest BCUT2D eigenvalue weighted by Gasteiger charge is 2.23. The molecule has 1 N–H and O–H groups in total. The molecule has 0 radical (unpaired) electrons. The molecule has 1 amide bonds. The van der Waals surface area contributed by atoms with E-state index in [0.717, 1.165) is 18.4 Å². The quantitative estimate of drug-likeness (QED) is 0.814. The first-order chi connectivity index (χ1) is 7.66. The Hall–Kier alpha value is -1.31. The van der Waals surface area contributed by atoms with Gasteiger partial charge in [0.1, 0.15) is 0 Å². The van der Waals surface area contributed by atoms with E-state index in [1.807, 2.05) is 39.0 Å². The van der Waals surface area contributed by atoms with E-state index < -0.39 is 0 Å². The molecule has 0 bridgehead atoms. The average molecular weight is 221 g/mol. The third-order valence-corrected chi connectivity index (χ3v) is 2.68. The summed E-state index contributed by atoms with van der Waals surface area (Å²) in [5, 5.41) is 2.98. The zero-order chi connectivity index (χ0) is 12.1. The van der Waals surface area contributed by atoms with Crippen LogP contribution in [0.5, 0.6) is 0 Å². The fraction of sp³-hybridized carbons (Fsp3) is 0.500. The zero-order valence-corrected chi connectivity index (χ0v) is 10.6. The summed E-state index contributed by atoms with van der Waals surface area (Å²) in [6.07, 6.45) is 2.27. The van der Waals surface area contributed by atoms with E-state index in [4.69, 9.17) is 0 Å². The number of carbonyl (C=O) groups is 1. The summed E-state index contributed by atoms with van der Waals surface area (Å²) in [6.45, 7) is 8.08. The van der Waals surface area contributed by atoms with Crippen molar-refractivity contribution in [2.45, 2.75) is 46.6 Å². The van der Waals surface area contributed by atoms with Gasteiger partial charge in [-0.1, -0.05) is 19.9 Å². The molecule has 0 spiro atoms. The van der Waals surface area contributed by atoms with Crippen molar-refractivity contribution in [2.75, 3.05) is 0 Å². The van der Waals surface area contributed by atoms with E-state index in [-0.39, 0.29) is 7.33 Å². The third kappa shape index (κ3) is 3.37. The average Bonchev–Trinajstić information content (AvgIpc) is 3.09. The lowest BCUT2D eigenvalue weighted by atomic mass is 10.1. The van der Waals surface area contributed by atoms with Crippen molar-refractivity contribution in [2.24, 2.45) is 0 Å². The largest absolute Gasteiger partial charge is 0.349 e. The molecule has 2 heteroatoms. The number of rotatable bonds is 2. The topological polar surface area (TPSA) is 29.1 Å². The molecule has 0 heterocycles. The zero-order valence-electron chi connectivity index (χ0n) is 10.6. The minimum absolute atomic E-state index is 0. The molecular weight excluding hydrogens is 198 g/mol. The van der Waals surface area contributed by atoms with E-state index in [2.05, 4.69) is 12.2 Å². The predicted octanol–water partition coefficient (Wildman–Crippen LogP) is 3.47. The molecule has 2 rings (SSSR count). The molecule has 90 valence electrons. The van der Waals surface area contributed by atoms with Crippen molar-refractivity contribution in [3.8, 4) is 0 Å². The predicted molar refractivity (Wildman–Crippen MR) is 69.9 cm³/mol. The number of benzene rings is 1. The Balaban J connectivity index is 0.000000811. The first-order valence-corrected chi connectivity index (χ1v) is 6.05. The maximum atomic E-state index is 11.6. The highest BCUT2D eigenvalue weighted by molar-refractivity contribution is 5.94. The molecule has 1 aliphatic rings. The van der Waals surface area contributed by atoms with Crippen LogP contribution in [0.3, 0.4) is 0 Å². The highest BCUT2D eigenvalue weighted by Crippen LogP contribution is 2.19. The van der Waals surface area contributed by atoms with Gasteiger partial charge in [0.25, 0.3) is 5.91 Å². The number of carbonyl (C=O) groups excluding carboxylic acids is 1. The lowest BCUT2D eigenvalue weighted by molar-refractivity contribution is 0.0951. The van der Waals surface area contributed by atoms with Gasteiger partial charge in [0.15, 0.2) is 0 Å². The summed E-state index contributed by atoms with van der Waals surface area (Å²) >= 11 is 0. The second-order valence-electron chi connectivity index (χ2n) is 4.05. The minimum Gasteiger partial charge on any atom is -0.349 e. The van der Waals surface area contributed by atoms with E-state index in [1.165, 1.54) is 11.1 Å². The Labute approximate surface area is 99.5 Å². The normalized spacial score (nSPS) is 13.8. The monoisotopic (exact) mass is 221 g/mol.